The van der Waals surface area contributed by atoms with Crippen molar-refractivity contribution < 1.29 is 0 Å². The molecule has 3 rings (SSSR count). The maximum absolute atomic E-state index is 5.84. The summed E-state index contributed by atoms with van der Waals surface area (Å²) < 4.78 is 2.13. The second kappa shape index (κ2) is 4.14. The van der Waals surface area contributed by atoms with Gasteiger partial charge in [0.2, 0.25) is 0 Å². The van der Waals surface area contributed by atoms with Crippen LogP contribution in [-0.2, 0) is 6.54 Å². The molecule has 0 saturated heterocycles. The summed E-state index contributed by atoms with van der Waals surface area (Å²) in [6.45, 7) is 2.93. The lowest BCUT2D eigenvalue weighted by Gasteiger charge is -2.05. The number of benzene rings is 1. The minimum Gasteiger partial charge on any atom is -0.399 e. The minimum atomic E-state index is 0.754. The van der Waals surface area contributed by atoms with E-state index in [4.69, 9.17) is 5.73 Å². The summed E-state index contributed by atoms with van der Waals surface area (Å²) in [5.74, 6) is 0.888. The minimum absolute atomic E-state index is 0.754. The molecule has 2 N–H and O–H groups in total. The van der Waals surface area contributed by atoms with Crippen LogP contribution >= 0.6 is 0 Å². The molecule has 0 fully saturated rings. The van der Waals surface area contributed by atoms with Crippen LogP contribution in [0.15, 0.2) is 42.6 Å². The maximum atomic E-state index is 5.84. The summed E-state index contributed by atoms with van der Waals surface area (Å²) in [5, 5.41) is 0. The average molecular weight is 238 g/mol. The maximum Gasteiger partial charge on any atom is 0.159 e. The van der Waals surface area contributed by atoms with Gasteiger partial charge in [0.15, 0.2) is 5.82 Å². The molecule has 18 heavy (non-hydrogen) atoms. The Morgan fingerprint density at radius 2 is 2.11 bits per heavy atom. The number of pyridine rings is 1. The van der Waals surface area contributed by atoms with Gasteiger partial charge in [-0.1, -0.05) is 6.07 Å². The third kappa shape index (κ3) is 1.62. The van der Waals surface area contributed by atoms with E-state index in [2.05, 4.69) is 21.5 Å². The van der Waals surface area contributed by atoms with Gasteiger partial charge >= 0.3 is 0 Å². The van der Waals surface area contributed by atoms with E-state index in [1.165, 1.54) is 0 Å². The summed E-state index contributed by atoms with van der Waals surface area (Å²) in [5.41, 5.74) is 9.48. The molecule has 0 radical (unpaired) electrons. The molecule has 1 aromatic carbocycles. The highest BCUT2D eigenvalue weighted by Crippen LogP contribution is 2.24. The number of imidazole rings is 1. The first-order valence-corrected chi connectivity index (χ1v) is 5.96. The second-order valence-corrected chi connectivity index (χ2v) is 4.14. The van der Waals surface area contributed by atoms with Gasteiger partial charge in [-0.3, -0.25) is 4.98 Å². The van der Waals surface area contributed by atoms with Crippen molar-refractivity contribution >= 4 is 16.7 Å². The van der Waals surface area contributed by atoms with Crippen LogP contribution in [0.1, 0.15) is 6.92 Å². The highest BCUT2D eigenvalue weighted by atomic mass is 15.1. The molecule has 0 amide bonds. The van der Waals surface area contributed by atoms with E-state index in [0.29, 0.717) is 0 Å². The molecule has 2 heterocycles. The zero-order chi connectivity index (χ0) is 12.5. The number of rotatable bonds is 2. The van der Waals surface area contributed by atoms with Crippen LogP contribution in [0, 0.1) is 0 Å². The Labute approximate surface area is 105 Å². The molecule has 0 aliphatic carbocycles. The molecule has 2 aromatic heterocycles. The topological polar surface area (TPSA) is 56.7 Å². The number of hydrogen-bond acceptors (Lipinski definition) is 3. The van der Waals surface area contributed by atoms with Crippen molar-refractivity contribution in [2.75, 3.05) is 5.73 Å². The van der Waals surface area contributed by atoms with Crippen LogP contribution in [0.3, 0.4) is 0 Å². The molecule has 0 saturated carbocycles. The fourth-order valence-electron chi connectivity index (χ4n) is 2.15. The third-order valence-corrected chi connectivity index (χ3v) is 2.98. The summed E-state index contributed by atoms with van der Waals surface area (Å²) >= 11 is 0. The molecule has 3 aromatic rings. The van der Waals surface area contributed by atoms with Gasteiger partial charge in [-0.05, 0) is 37.3 Å². The van der Waals surface area contributed by atoms with Crippen LogP contribution in [0.25, 0.3) is 22.6 Å². The van der Waals surface area contributed by atoms with Crippen molar-refractivity contribution in [2.45, 2.75) is 13.5 Å². The van der Waals surface area contributed by atoms with E-state index >= 15 is 0 Å². The summed E-state index contributed by atoms with van der Waals surface area (Å²) in [7, 11) is 0. The number of aromatic nitrogens is 3. The number of fused-ring (bicyclic) bond motifs is 1. The standard InChI is InChI=1S/C14H14N4/c1-2-18-13-9-10(15)6-7-11(13)17-14(18)12-5-3-4-8-16-12/h3-9H,2,15H2,1H3. The van der Waals surface area contributed by atoms with Crippen molar-refractivity contribution in [2.24, 2.45) is 0 Å². The fourth-order valence-corrected chi connectivity index (χ4v) is 2.15. The predicted octanol–water partition coefficient (Wildman–Crippen LogP) is 2.70. The van der Waals surface area contributed by atoms with Crippen LogP contribution in [0.4, 0.5) is 5.69 Å². The van der Waals surface area contributed by atoms with Gasteiger partial charge in [-0.25, -0.2) is 4.98 Å². The average Bonchev–Trinajstić information content (AvgIpc) is 2.77. The van der Waals surface area contributed by atoms with Crippen molar-refractivity contribution in [3.8, 4) is 11.5 Å². The number of nitrogens with two attached hydrogens (primary N) is 1. The lowest BCUT2D eigenvalue weighted by atomic mass is 10.3. The van der Waals surface area contributed by atoms with Gasteiger partial charge < -0.3 is 10.3 Å². The first kappa shape index (κ1) is 10.8. The quantitative estimate of drug-likeness (QED) is 0.698. The molecule has 0 aliphatic rings. The molecular weight excluding hydrogens is 224 g/mol. The molecule has 0 unspecified atom stereocenters. The van der Waals surface area contributed by atoms with Crippen LogP contribution in [-0.4, -0.2) is 14.5 Å². The van der Waals surface area contributed by atoms with Gasteiger partial charge in [0.1, 0.15) is 5.69 Å². The van der Waals surface area contributed by atoms with Crippen molar-refractivity contribution in [3.05, 3.63) is 42.6 Å². The van der Waals surface area contributed by atoms with Crippen molar-refractivity contribution in [1.82, 2.24) is 14.5 Å². The highest BCUT2D eigenvalue weighted by Gasteiger charge is 2.11. The number of nitrogen functional groups attached to an aromatic ring is 1. The van der Waals surface area contributed by atoms with Gasteiger partial charge in [-0.15, -0.1) is 0 Å². The normalized spacial score (nSPS) is 10.9. The Kier molecular flexibility index (Phi) is 2.48. The van der Waals surface area contributed by atoms with Gasteiger partial charge in [-0.2, -0.15) is 0 Å². The largest absolute Gasteiger partial charge is 0.399 e. The highest BCUT2D eigenvalue weighted by molar-refractivity contribution is 5.82. The summed E-state index contributed by atoms with van der Waals surface area (Å²) in [4.78, 5) is 9.00. The number of nitrogens with zero attached hydrogens (tertiary/aromatic N) is 3. The zero-order valence-corrected chi connectivity index (χ0v) is 10.2. The monoisotopic (exact) mass is 238 g/mol. The summed E-state index contributed by atoms with van der Waals surface area (Å²) in [6, 6.07) is 11.6. The van der Waals surface area contributed by atoms with Crippen LogP contribution in [0.5, 0.6) is 0 Å². The van der Waals surface area contributed by atoms with Gasteiger partial charge in [0, 0.05) is 18.4 Å². The van der Waals surface area contributed by atoms with E-state index in [9.17, 15) is 0 Å². The van der Waals surface area contributed by atoms with Gasteiger partial charge in [0.05, 0.1) is 11.0 Å². The SMILES string of the molecule is CCn1c(-c2ccccn2)nc2ccc(N)cc21. The van der Waals surface area contributed by atoms with E-state index in [1.54, 1.807) is 6.20 Å². The van der Waals surface area contributed by atoms with E-state index in [-0.39, 0.29) is 0 Å². The Bertz CT molecular complexity index is 686. The zero-order valence-electron chi connectivity index (χ0n) is 10.2. The molecule has 0 bridgehead atoms. The molecule has 90 valence electrons. The number of aryl methyl sites for hydroxylation is 1. The Hall–Kier alpha value is -2.36. The molecular formula is C14H14N4. The molecule has 0 atom stereocenters. The Balaban J connectivity index is 2.30. The molecule has 4 nitrogen and oxygen atoms in total. The van der Waals surface area contributed by atoms with Gasteiger partial charge in [0.25, 0.3) is 0 Å². The van der Waals surface area contributed by atoms with E-state index in [0.717, 1.165) is 34.8 Å². The summed E-state index contributed by atoms with van der Waals surface area (Å²) in [6.07, 6.45) is 1.78. The van der Waals surface area contributed by atoms with Crippen molar-refractivity contribution in [3.63, 3.8) is 0 Å². The Morgan fingerprint density at radius 3 is 2.83 bits per heavy atom. The fraction of sp³-hybridized carbons (Fsp3) is 0.143. The Morgan fingerprint density at radius 1 is 1.22 bits per heavy atom. The number of hydrogen-bond donors (Lipinski definition) is 1. The van der Waals surface area contributed by atoms with Crippen LogP contribution < -0.4 is 5.73 Å². The van der Waals surface area contributed by atoms with Crippen molar-refractivity contribution in [1.29, 1.82) is 0 Å². The van der Waals surface area contributed by atoms with E-state index in [1.807, 2.05) is 36.4 Å². The third-order valence-electron chi connectivity index (χ3n) is 2.98. The number of anilines is 1. The first-order chi connectivity index (χ1) is 8.79. The smallest absolute Gasteiger partial charge is 0.159 e. The lowest BCUT2D eigenvalue weighted by Crippen LogP contribution is -1.98. The molecule has 0 spiro atoms. The predicted molar refractivity (Wildman–Crippen MR) is 73.1 cm³/mol. The first-order valence-electron chi connectivity index (χ1n) is 5.96. The lowest BCUT2D eigenvalue weighted by molar-refractivity contribution is 0.793. The molecule has 4 heteroatoms. The molecule has 0 aliphatic heterocycles. The second-order valence-electron chi connectivity index (χ2n) is 4.14. The van der Waals surface area contributed by atoms with Crippen LogP contribution in [0.2, 0.25) is 0 Å². The van der Waals surface area contributed by atoms with E-state index < -0.39 is 0 Å².